The van der Waals surface area contributed by atoms with Gasteiger partial charge in [-0.2, -0.15) is 0 Å². The molecule has 1 saturated heterocycles. The third-order valence-corrected chi connectivity index (χ3v) is 9.32. The van der Waals surface area contributed by atoms with Gasteiger partial charge in [0.15, 0.2) is 0 Å². The van der Waals surface area contributed by atoms with Crippen molar-refractivity contribution >= 4 is 52.0 Å². The zero-order chi connectivity index (χ0) is 33.1. The maximum atomic E-state index is 11.1. The first-order valence-corrected chi connectivity index (χ1v) is 15.7. The molecule has 0 amide bonds. The first kappa shape index (κ1) is 33.0. The Labute approximate surface area is 277 Å². The van der Waals surface area contributed by atoms with Crippen molar-refractivity contribution in [1.29, 1.82) is 0 Å². The predicted molar refractivity (Wildman–Crippen MR) is 187 cm³/mol. The Morgan fingerprint density at radius 3 is 1.74 bits per heavy atom. The molecule has 0 unspecified atom stereocenters. The smallest absolute Gasteiger partial charge is 0.399 e. The van der Waals surface area contributed by atoms with E-state index in [-0.39, 0.29) is 34.6 Å². The second-order valence-electron chi connectivity index (χ2n) is 12.1. The summed E-state index contributed by atoms with van der Waals surface area (Å²) in [4.78, 5) is 20.5. The molecule has 4 aromatic carbocycles. The first-order valence-electron chi connectivity index (χ1n) is 14.9. The normalized spacial score (nSPS) is 16.1. The predicted octanol–water partition coefficient (Wildman–Crippen LogP) is 8.74. The van der Waals surface area contributed by atoms with Gasteiger partial charge in [0.2, 0.25) is 0 Å². The van der Waals surface area contributed by atoms with Crippen molar-refractivity contribution in [3.05, 3.63) is 144 Å². The minimum absolute atomic E-state index is 0.0995. The number of halogens is 1. The van der Waals surface area contributed by atoms with Crippen molar-refractivity contribution in [3.63, 3.8) is 0 Å². The number of nitro groups is 2. The summed E-state index contributed by atoms with van der Waals surface area (Å²) in [6.07, 6.45) is 10.3. The minimum atomic E-state index is -0.427. The van der Waals surface area contributed by atoms with Gasteiger partial charge in [0.05, 0.1) is 31.1 Å². The summed E-state index contributed by atoms with van der Waals surface area (Å²) >= 11 is 3.06. The Morgan fingerprint density at radius 1 is 0.652 bits per heavy atom. The van der Waals surface area contributed by atoms with Crippen LogP contribution in [0.15, 0.2) is 102 Å². The van der Waals surface area contributed by atoms with E-state index in [4.69, 9.17) is 9.31 Å². The Morgan fingerprint density at radius 2 is 1.15 bits per heavy atom. The fourth-order valence-corrected chi connectivity index (χ4v) is 5.94. The van der Waals surface area contributed by atoms with Gasteiger partial charge < -0.3 is 9.31 Å². The van der Waals surface area contributed by atoms with E-state index in [0.29, 0.717) is 10.0 Å². The summed E-state index contributed by atoms with van der Waals surface area (Å²) in [5.41, 5.74) is 7.53. The molecule has 0 spiro atoms. The molecule has 1 heterocycles. The summed E-state index contributed by atoms with van der Waals surface area (Å²) in [7, 11) is -0.246. The second kappa shape index (κ2) is 13.5. The molecule has 234 valence electrons. The van der Waals surface area contributed by atoms with E-state index in [9.17, 15) is 20.2 Å². The van der Waals surface area contributed by atoms with Crippen molar-refractivity contribution in [1.82, 2.24) is 0 Å². The van der Waals surface area contributed by atoms with Crippen molar-refractivity contribution in [2.24, 2.45) is 0 Å². The van der Waals surface area contributed by atoms with Crippen LogP contribution in [-0.2, 0) is 22.2 Å². The van der Waals surface area contributed by atoms with Gasteiger partial charge in [-0.25, -0.2) is 0 Å². The highest BCUT2D eigenvalue weighted by Crippen LogP contribution is 2.38. The molecule has 4 aromatic rings. The topological polar surface area (TPSA) is 105 Å². The largest absolute Gasteiger partial charge is 0.495 e. The molecular weight excluding hydrogens is 647 g/mol. The monoisotopic (exact) mass is 680 g/mol. The third-order valence-electron chi connectivity index (χ3n) is 8.65. The van der Waals surface area contributed by atoms with Gasteiger partial charge in [-0.3, -0.25) is 20.2 Å². The lowest BCUT2D eigenvalue weighted by Gasteiger charge is -2.32. The molecule has 0 saturated carbocycles. The highest BCUT2D eigenvalue weighted by molar-refractivity contribution is 9.10. The van der Waals surface area contributed by atoms with Crippen LogP contribution < -0.4 is 5.46 Å². The zero-order valence-corrected chi connectivity index (χ0v) is 27.7. The van der Waals surface area contributed by atoms with Gasteiger partial charge in [-0.15, -0.1) is 0 Å². The molecule has 10 heteroatoms. The second-order valence-corrected chi connectivity index (χ2v) is 12.9. The fourth-order valence-electron chi connectivity index (χ4n) is 5.51. The lowest BCUT2D eigenvalue weighted by atomic mass is 9.75. The van der Waals surface area contributed by atoms with Crippen LogP contribution in [0.1, 0.15) is 49.9 Å². The number of fused-ring (bicyclic) bond motifs is 2. The maximum absolute atomic E-state index is 11.1. The Kier molecular flexibility index (Phi) is 9.72. The number of nitrogens with zero attached hydrogens (tertiary/aromatic N) is 2. The van der Waals surface area contributed by atoms with E-state index in [0.717, 1.165) is 24.0 Å². The molecule has 0 bridgehead atoms. The fraction of sp³-hybridized carbons (Fsp3) is 0.222. The molecule has 7 rings (SSSR count). The van der Waals surface area contributed by atoms with Gasteiger partial charge in [0.25, 0.3) is 11.4 Å². The first-order chi connectivity index (χ1) is 21.9. The van der Waals surface area contributed by atoms with Gasteiger partial charge in [-0.1, -0.05) is 85.0 Å². The average Bonchev–Trinajstić information content (AvgIpc) is 3.75. The van der Waals surface area contributed by atoms with Crippen LogP contribution in [0.5, 0.6) is 0 Å². The van der Waals surface area contributed by atoms with E-state index in [2.05, 4.69) is 86.1 Å². The van der Waals surface area contributed by atoms with Crippen LogP contribution in [0.2, 0.25) is 0 Å². The molecule has 8 nitrogen and oxygen atoms in total. The molecule has 2 aliphatic carbocycles. The van der Waals surface area contributed by atoms with Crippen LogP contribution in [0.25, 0.3) is 23.3 Å². The van der Waals surface area contributed by atoms with E-state index < -0.39 is 4.92 Å². The Hall–Kier alpha value is -4.38. The summed E-state index contributed by atoms with van der Waals surface area (Å²) in [5, 5.41) is 21.3. The summed E-state index contributed by atoms with van der Waals surface area (Å²) in [6, 6.07) is 25.6. The lowest BCUT2D eigenvalue weighted by Crippen LogP contribution is -2.41. The standard InChI is InChI=1S/C15H19BO2.C15H11NO2.C6H4BrNO2/c1-14(2)15(3,4)18-16(17-14)13-10-6-8-11-7-5-9-12(11)13;17-16(18)15-10-2-1-7-14(15)13-9-4-6-11-5-3-8-12(11)13;7-5-3-1-2-4-6(5)8(9)10/h5-8,10H,9H2,1-4H3;1-7,9-10H,8H2;1-4H. The summed E-state index contributed by atoms with van der Waals surface area (Å²) < 4.78 is 12.8. The quantitative estimate of drug-likeness (QED) is 0.121. The van der Waals surface area contributed by atoms with E-state index >= 15 is 0 Å². The number of hydrogen-bond acceptors (Lipinski definition) is 6. The molecule has 1 fully saturated rings. The van der Waals surface area contributed by atoms with Crippen LogP contribution in [-0.4, -0.2) is 28.2 Å². The van der Waals surface area contributed by atoms with Crippen LogP contribution in [0.3, 0.4) is 0 Å². The summed E-state index contributed by atoms with van der Waals surface area (Å²) in [6.45, 7) is 8.37. The van der Waals surface area contributed by atoms with Gasteiger partial charge in [0.1, 0.15) is 0 Å². The van der Waals surface area contributed by atoms with Gasteiger partial charge in [-0.05, 0) is 102 Å². The number of nitro benzene ring substituents is 2. The van der Waals surface area contributed by atoms with Gasteiger partial charge in [0, 0.05) is 12.1 Å². The van der Waals surface area contributed by atoms with E-state index in [1.807, 2.05) is 30.3 Å². The molecular formula is C36H34BBrN2O6. The Bertz CT molecular complexity index is 1840. The molecule has 0 atom stereocenters. The van der Waals surface area contributed by atoms with Crippen molar-refractivity contribution < 1.29 is 19.2 Å². The van der Waals surface area contributed by atoms with Gasteiger partial charge >= 0.3 is 7.12 Å². The van der Waals surface area contributed by atoms with Crippen LogP contribution >= 0.6 is 15.9 Å². The highest BCUT2D eigenvalue weighted by Gasteiger charge is 2.52. The highest BCUT2D eigenvalue weighted by atomic mass is 79.9. The van der Waals surface area contributed by atoms with E-state index in [1.165, 1.54) is 28.2 Å². The SMILES string of the molecule is CC1(C)OB(c2cccc3c2CC=C3)OC1(C)C.O=[N+]([O-])c1ccccc1-c1cccc2c1CC=C2.O=[N+]([O-])c1ccccc1Br. The lowest BCUT2D eigenvalue weighted by molar-refractivity contribution is -0.385. The Balaban J connectivity index is 0.000000142. The van der Waals surface area contributed by atoms with Crippen LogP contribution in [0.4, 0.5) is 11.4 Å². The van der Waals surface area contributed by atoms with Crippen molar-refractivity contribution in [3.8, 4) is 11.1 Å². The zero-order valence-electron chi connectivity index (χ0n) is 26.1. The molecule has 3 aliphatic rings. The molecule has 1 aliphatic heterocycles. The average molecular weight is 681 g/mol. The maximum Gasteiger partial charge on any atom is 0.495 e. The number of para-hydroxylation sites is 2. The molecule has 0 radical (unpaired) electrons. The molecule has 46 heavy (non-hydrogen) atoms. The van der Waals surface area contributed by atoms with Crippen molar-refractivity contribution in [2.75, 3.05) is 0 Å². The third kappa shape index (κ3) is 6.89. The van der Waals surface area contributed by atoms with Crippen molar-refractivity contribution in [2.45, 2.75) is 51.7 Å². The number of hydrogen-bond donors (Lipinski definition) is 0. The molecule has 0 aromatic heterocycles. The van der Waals surface area contributed by atoms with E-state index in [1.54, 1.807) is 30.3 Å². The number of rotatable bonds is 4. The number of allylic oxidation sites excluding steroid dienone is 2. The number of benzene rings is 4. The summed E-state index contributed by atoms with van der Waals surface area (Å²) in [5.74, 6) is 0. The molecule has 0 N–H and O–H groups in total. The minimum Gasteiger partial charge on any atom is -0.399 e. The van der Waals surface area contributed by atoms with Crippen LogP contribution in [0, 0.1) is 20.2 Å².